The van der Waals surface area contributed by atoms with Gasteiger partial charge in [0.15, 0.2) is 0 Å². The highest BCUT2D eigenvalue weighted by molar-refractivity contribution is 9.08. The molecule has 0 unspecified atom stereocenters. The van der Waals surface area contributed by atoms with E-state index in [0.29, 0.717) is 6.42 Å². The fourth-order valence-corrected chi connectivity index (χ4v) is 1.87. The predicted molar refractivity (Wildman–Crippen MR) is 58.5 cm³/mol. The van der Waals surface area contributed by atoms with E-state index in [1.807, 2.05) is 26.0 Å². The lowest BCUT2D eigenvalue weighted by molar-refractivity contribution is 0.947. The van der Waals surface area contributed by atoms with Crippen molar-refractivity contribution in [3.05, 3.63) is 33.2 Å². The summed E-state index contributed by atoms with van der Waals surface area (Å²) in [6.07, 6.45) is 1.47. The molecule has 0 atom stereocenters. The Bertz CT molecular complexity index is 443. The Kier molecular flexibility index (Phi) is 3.48. The summed E-state index contributed by atoms with van der Waals surface area (Å²) in [6, 6.07) is 3.84. The van der Waals surface area contributed by atoms with E-state index in [-0.39, 0.29) is 11.1 Å². The second kappa shape index (κ2) is 4.43. The monoisotopic (exact) mass is 254 g/mol. The van der Waals surface area contributed by atoms with Crippen LogP contribution in [0.25, 0.3) is 0 Å². The van der Waals surface area contributed by atoms with E-state index >= 15 is 0 Å². The fourth-order valence-electron chi connectivity index (χ4n) is 1.34. The summed E-state index contributed by atoms with van der Waals surface area (Å²) in [4.78, 5) is 11.7. The van der Waals surface area contributed by atoms with Gasteiger partial charge in [-0.1, -0.05) is 13.8 Å². The molecule has 0 radical (unpaired) electrons. The standard InChI is InChI=1S/C10H11BrN2O/c1-3-7-5-8(4-2)13(11)10(14)9(7)6-12/h5H,3-4H2,1-2H3. The molecule has 0 aromatic carbocycles. The van der Waals surface area contributed by atoms with Crippen molar-refractivity contribution < 1.29 is 0 Å². The van der Waals surface area contributed by atoms with Crippen LogP contribution in [-0.4, -0.2) is 3.59 Å². The zero-order valence-electron chi connectivity index (χ0n) is 8.17. The highest BCUT2D eigenvalue weighted by Crippen LogP contribution is 2.10. The van der Waals surface area contributed by atoms with Gasteiger partial charge in [0, 0.05) is 5.69 Å². The summed E-state index contributed by atoms with van der Waals surface area (Å²) in [5, 5.41) is 8.83. The normalized spacial score (nSPS) is 9.86. The second-order valence-electron chi connectivity index (χ2n) is 2.94. The number of aryl methyl sites for hydroxylation is 2. The summed E-state index contributed by atoms with van der Waals surface area (Å²) >= 11 is 3.15. The third kappa shape index (κ3) is 1.73. The Morgan fingerprint density at radius 3 is 2.57 bits per heavy atom. The Balaban J connectivity index is 3.57. The summed E-state index contributed by atoms with van der Waals surface area (Å²) in [5.41, 5.74) is 1.70. The van der Waals surface area contributed by atoms with Crippen molar-refractivity contribution in [1.29, 1.82) is 5.26 Å². The van der Waals surface area contributed by atoms with Gasteiger partial charge in [-0.05, 0) is 24.5 Å². The molecule has 1 aromatic heterocycles. The summed E-state index contributed by atoms with van der Waals surface area (Å²) in [5.74, 6) is 0. The highest BCUT2D eigenvalue weighted by Gasteiger charge is 2.10. The van der Waals surface area contributed by atoms with Crippen LogP contribution in [0.2, 0.25) is 0 Å². The number of hydrogen-bond donors (Lipinski definition) is 0. The van der Waals surface area contributed by atoms with Crippen LogP contribution in [-0.2, 0) is 12.8 Å². The van der Waals surface area contributed by atoms with Crippen LogP contribution in [0.4, 0.5) is 0 Å². The Labute approximate surface area is 91.3 Å². The third-order valence-corrected chi connectivity index (χ3v) is 2.94. The molecule has 0 bridgehead atoms. The van der Waals surface area contributed by atoms with Crippen molar-refractivity contribution in [1.82, 2.24) is 3.59 Å². The molecule has 14 heavy (non-hydrogen) atoms. The quantitative estimate of drug-likeness (QED) is 0.811. The van der Waals surface area contributed by atoms with Gasteiger partial charge in [0.2, 0.25) is 0 Å². The van der Waals surface area contributed by atoms with E-state index < -0.39 is 0 Å². The van der Waals surface area contributed by atoms with Gasteiger partial charge in [-0.2, -0.15) is 5.26 Å². The fraction of sp³-hybridized carbons (Fsp3) is 0.400. The number of rotatable bonds is 2. The van der Waals surface area contributed by atoms with Crippen LogP contribution in [0.1, 0.15) is 30.7 Å². The minimum absolute atomic E-state index is 0.238. The first-order chi connectivity index (χ1) is 6.65. The molecule has 0 amide bonds. The molecule has 0 saturated carbocycles. The third-order valence-electron chi connectivity index (χ3n) is 2.16. The van der Waals surface area contributed by atoms with Crippen molar-refractivity contribution in [3.63, 3.8) is 0 Å². The Hall–Kier alpha value is -1.08. The lowest BCUT2D eigenvalue weighted by Crippen LogP contribution is -2.20. The molecule has 1 rings (SSSR count). The topological polar surface area (TPSA) is 45.8 Å². The molecule has 0 aliphatic carbocycles. The molecule has 1 aromatic rings. The van der Waals surface area contributed by atoms with E-state index in [4.69, 9.17) is 5.26 Å². The van der Waals surface area contributed by atoms with E-state index in [0.717, 1.165) is 17.7 Å². The minimum Gasteiger partial charge on any atom is -0.267 e. The van der Waals surface area contributed by atoms with Crippen LogP contribution in [0.5, 0.6) is 0 Å². The Morgan fingerprint density at radius 1 is 1.50 bits per heavy atom. The molecular formula is C10H11BrN2O. The van der Waals surface area contributed by atoms with E-state index in [2.05, 4.69) is 16.1 Å². The largest absolute Gasteiger partial charge is 0.279 e. The molecule has 0 N–H and O–H groups in total. The zero-order chi connectivity index (χ0) is 10.7. The maximum Gasteiger partial charge on any atom is 0.279 e. The number of aromatic nitrogens is 1. The maximum absolute atomic E-state index is 11.7. The molecule has 3 nitrogen and oxygen atoms in total. The van der Waals surface area contributed by atoms with Gasteiger partial charge >= 0.3 is 0 Å². The summed E-state index contributed by atoms with van der Waals surface area (Å²) in [7, 11) is 0. The van der Waals surface area contributed by atoms with Crippen molar-refractivity contribution >= 4 is 16.1 Å². The van der Waals surface area contributed by atoms with Crippen LogP contribution in [0, 0.1) is 11.3 Å². The number of nitrogens with zero attached hydrogens (tertiary/aromatic N) is 2. The van der Waals surface area contributed by atoms with Crippen molar-refractivity contribution in [2.75, 3.05) is 0 Å². The van der Waals surface area contributed by atoms with Crippen LogP contribution < -0.4 is 5.56 Å². The zero-order valence-corrected chi connectivity index (χ0v) is 9.76. The molecule has 4 heteroatoms. The predicted octanol–water partition coefficient (Wildman–Crippen LogP) is 2.00. The van der Waals surface area contributed by atoms with Crippen LogP contribution in [0.15, 0.2) is 10.9 Å². The van der Waals surface area contributed by atoms with Crippen molar-refractivity contribution in [2.45, 2.75) is 26.7 Å². The van der Waals surface area contributed by atoms with Gasteiger partial charge in [0.05, 0.1) is 16.1 Å². The van der Waals surface area contributed by atoms with Gasteiger partial charge in [-0.25, -0.2) is 3.59 Å². The molecule has 1 heterocycles. The molecule has 74 valence electrons. The molecule has 0 saturated heterocycles. The second-order valence-corrected chi connectivity index (χ2v) is 3.65. The van der Waals surface area contributed by atoms with Gasteiger partial charge in [-0.3, -0.25) is 4.79 Å². The number of pyridine rings is 1. The maximum atomic E-state index is 11.7. The van der Waals surface area contributed by atoms with E-state index in [1.165, 1.54) is 3.59 Å². The lowest BCUT2D eigenvalue weighted by Gasteiger charge is -2.07. The van der Waals surface area contributed by atoms with Gasteiger partial charge in [0.1, 0.15) is 11.6 Å². The average molecular weight is 255 g/mol. The summed E-state index contributed by atoms with van der Waals surface area (Å²) < 4.78 is 1.37. The van der Waals surface area contributed by atoms with E-state index in [9.17, 15) is 4.79 Å². The van der Waals surface area contributed by atoms with Crippen molar-refractivity contribution in [2.24, 2.45) is 0 Å². The van der Waals surface area contributed by atoms with Gasteiger partial charge in [-0.15, -0.1) is 0 Å². The van der Waals surface area contributed by atoms with Crippen LogP contribution in [0.3, 0.4) is 0 Å². The summed E-state index contributed by atoms with van der Waals surface area (Å²) in [6.45, 7) is 3.91. The molecule has 0 fully saturated rings. The number of hydrogen-bond acceptors (Lipinski definition) is 2. The first kappa shape index (κ1) is 11.0. The smallest absolute Gasteiger partial charge is 0.267 e. The molecular weight excluding hydrogens is 244 g/mol. The number of halogens is 1. The molecule has 0 aliphatic heterocycles. The number of nitriles is 1. The molecule has 0 aliphatic rings. The lowest BCUT2D eigenvalue weighted by atomic mass is 10.1. The molecule has 0 spiro atoms. The first-order valence-electron chi connectivity index (χ1n) is 4.49. The van der Waals surface area contributed by atoms with E-state index in [1.54, 1.807) is 0 Å². The van der Waals surface area contributed by atoms with Gasteiger partial charge < -0.3 is 0 Å². The van der Waals surface area contributed by atoms with Crippen LogP contribution >= 0.6 is 16.1 Å². The SMILES string of the molecule is CCc1cc(CC)n(Br)c(=O)c1C#N. The van der Waals surface area contributed by atoms with Gasteiger partial charge in [0.25, 0.3) is 5.56 Å². The average Bonchev–Trinajstić information content (AvgIpc) is 2.21. The first-order valence-corrected chi connectivity index (χ1v) is 5.20. The minimum atomic E-state index is -0.260. The van der Waals surface area contributed by atoms with Crippen molar-refractivity contribution in [3.8, 4) is 6.07 Å². The highest BCUT2D eigenvalue weighted by atomic mass is 79.9. The Morgan fingerprint density at radius 2 is 2.14 bits per heavy atom.